The maximum absolute atomic E-state index is 11.8. The lowest BCUT2D eigenvalue weighted by Crippen LogP contribution is -2.41. The summed E-state index contributed by atoms with van der Waals surface area (Å²) in [7, 11) is 0. The highest BCUT2D eigenvalue weighted by Crippen LogP contribution is 2.25. The highest BCUT2D eigenvalue weighted by atomic mass is 35.5. The van der Waals surface area contributed by atoms with Gasteiger partial charge in [-0.1, -0.05) is 23.7 Å². The van der Waals surface area contributed by atoms with E-state index in [1.807, 2.05) is 45.9 Å². The molecule has 0 spiro atoms. The molecular weight excluding hydrogens is 236 g/mol. The highest BCUT2D eigenvalue weighted by molar-refractivity contribution is 6.33. The summed E-state index contributed by atoms with van der Waals surface area (Å²) in [6.07, 6.45) is 0. The van der Waals surface area contributed by atoms with Crippen molar-refractivity contribution in [3.05, 3.63) is 28.8 Å². The summed E-state index contributed by atoms with van der Waals surface area (Å²) in [6, 6.07) is 5.49. The number of anilines is 1. The van der Waals surface area contributed by atoms with Gasteiger partial charge < -0.3 is 10.6 Å². The number of hydrogen-bond acceptors (Lipinski definition) is 2. The van der Waals surface area contributed by atoms with E-state index in [1.165, 1.54) is 0 Å². The van der Waals surface area contributed by atoms with Crippen LogP contribution in [0.4, 0.5) is 5.69 Å². The van der Waals surface area contributed by atoms with Crippen LogP contribution in [-0.4, -0.2) is 18.0 Å². The van der Waals surface area contributed by atoms with E-state index in [-0.39, 0.29) is 18.0 Å². The number of amides is 1. The van der Waals surface area contributed by atoms with Crippen molar-refractivity contribution in [2.75, 3.05) is 5.32 Å². The molecule has 1 atom stereocenters. The van der Waals surface area contributed by atoms with Gasteiger partial charge in [-0.25, -0.2) is 0 Å². The third kappa shape index (κ3) is 3.93. The van der Waals surface area contributed by atoms with E-state index in [9.17, 15) is 4.79 Å². The van der Waals surface area contributed by atoms with Gasteiger partial charge in [-0.15, -0.1) is 0 Å². The molecule has 0 saturated carbocycles. The van der Waals surface area contributed by atoms with Gasteiger partial charge in [-0.05, 0) is 39.3 Å². The summed E-state index contributed by atoms with van der Waals surface area (Å²) in [5, 5.41) is 6.63. The van der Waals surface area contributed by atoms with E-state index in [2.05, 4.69) is 10.6 Å². The molecule has 4 heteroatoms. The van der Waals surface area contributed by atoms with Crippen molar-refractivity contribution in [3.8, 4) is 0 Å². The summed E-state index contributed by atoms with van der Waals surface area (Å²) in [5.74, 6) is -0.0284. The van der Waals surface area contributed by atoms with Crippen LogP contribution < -0.4 is 10.6 Å². The Morgan fingerprint density at radius 3 is 2.47 bits per heavy atom. The van der Waals surface area contributed by atoms with Crippen LogP contribution in [0.1, 0.15) is 26.3 Å². The molecule has 1 rings (SSSR count). The van der Waals surface area contributed by atoms with E-state index < -0.39 is 0 Å². The summed E-state index contributed by atoms with van der Waals surface area (Å²) < 4.78 is 0. The number of carbonyl (C=O) groups is 1. The second kappa shape index (κ2) is 5.92. The number of aryl methyl sites for hydroxylation is 1. The Bertz CT molecular complexity index is 384. The Balaban J connectivity index is 2.74. The van der Waals surface area contributed by atoms with Gasteiger partial charge in [0.2, 0.25) is 5.91 Å². The van der Waals surface area contributed by atoms with E-state index in [0.29, 0.717) is 5.02 Å². The van der Waals surface area contributed by atoms with Crippen LogP contribution in [0.15, 0.2) is 18.2 Å². The van der Waals surface area contributed by atoms with E-state index >= 15 is 0 Å². The molecule has 1 aromatic rings. The maximum Gasteiger partial charge on any atom is 0.242 e. The van der Waals surface area contributed by atoms with Crippen LogP contribution in [0.25, 0.3) is 0 Å². The topological polar surface area (TPSA) is 41.1 Å². The number of benzene rings is 1. The summed E-state index contributed by atoms with van der Waals surface area (Å²) in [5.41, 5.74) is 1.85. The molecule has 0 bridgehead atoms. The average Bonchev–Trinajstić information content (AvgIpc) is 2.22. The highest BCUT2D eigenvalue weighted by Gasteiger charge is 2.15. The first-order valence-corrected chi connectivity index (χ1v) is 6.11. The molecule has 1 amide bonds. The minimum absolute atomic E-state index is 0.0284. The van der Waals surface area contributed by atoms with Crippen LogP contribution in [0, 0.1) is 6.92 Å². The van der Waals surface area contributed by atoms with Crippen molar-refractivity contribution in [3.63, 3.8) is 0 Å². The van der Waals surface area contributed by atoms with Gasteiger partial charge in [-0.3, -0.25) is 4.79 Å². The molecular formula is C13H19ClN2O. The number of para-hydroxylation sites is 1. The predicted octanol–water partition coefficient (Wildman–Crippen LogP) is 2.97. The first kappa shape index (κ1) is 13.8. The van der Waals surface area contributed by atoms with Crippen LogP contribution in [-0.2, 0) is 4.79 Å². The van der Waals surface area contributed by atoms with E-state index in [1.54, 1.807) is 0 Å². The smallest absolute Gasteiger partial charge is 0.242 e. The lowest BCUT2D eigenvalue weighted by molar-refractivity contribution is -0.122. The second-order valence-corrected chi connectivity index (χ2v) is 4.87. The molecule has 0 heterocycles. The van der Waals surface area contributed by atoms with E-state index in [0.717, 1.165) is 11.3 Å². The van der Waals surface area contributed by atoms with Gasteiger partial charge in [0.25, 0.3) is 0 Å². The SMILES string of the molecule is Cc1cccc(Cl)c1NC(C)C(=O)NC(C)C. The van der Waals surface area contributed by atoms with Crippen molar-refractivity contribution in [2.45, 2.75) is 39.8 Å². The first-order valence-electron chi connectivity index (χ1n) is 5.74. The summed E-state index contributed by atoms with van der Waals surface area (Å²) >= 11 is 6.09. The molecule has 17 heavy (non-hydrogen) atoms. The third-order valence-electron chi connectivity index (χ3n) is 2.41. The lowest BCUT2D eigenvalue weighted by Gasteiger charge is -2.19. The zero-order valence-corrected chi connectivity index (χ0v) is 11.4. The van der Waals surface area contributed by atoms with Gasteiger partial charge >= 0.3 is 0 Å². The molecule has 0 saturated heterocycles. The molecule has 1 unspecified atom stereocenters. The van der Waals surface area contributed by atoms with Crippen LogP contribution in [0.2, 0.25) is 5.02 Å². The number of carbonyl (C=O) groups excluding carboxylic acids is 1. The Labute approximate surface area is 108 Å². The van der Waals surface area contributed by atoms with Crippen LogP contribution >= 0.6 is 11.6 Å². The molecule has 0 aliphatic rings. The van der Waals surface area contributed by atoms with Crippen molar-refractivity contribution in [1.82, 2.24) is 5.32 Å². The van der Waals surface area contributed by atoms with Gasteiger partial charge in [0.1, 0.15) is 6.04 Å². The summed E-state index contributed by atoms with van der Waals surface area (Å²) in [4.78, 5) is 11.8. The molecule has 2 N–H and O–H groups in total. The predicted molar refractivity (Wildman–Crippen MR) is 72.6 cm³/mol. The Hall–Kier alpha value is -1.22. The molecule has 0 aliphatic heterocycles. The maximum atomic E-state index is 11.8. The fourth-order valence-corrected chi connectivity index (χ4v) is 1.78. The van der Waals surface area contributed by atoms with Crippen molar-refractivity contribution in [1.29, 1.82) is 0 Å². The monoisotopic (exact) mass is 254 g/mol. The Kier molecular flexibility index (Phi) is 4.82. The molecule has 0 aliphatic carbocycles. The van der Waals surface area contributed by atoms with Gasteiger partial charge in [0.05, 0.1) is 10.7 Å². The van der Waals surface area contributed by atoms with Crippen LogP contribution in [0.3, 0.4) is 0 Å². The quantitative estimate of drug-likeness (QED) is 0.867. The molecule has 0 radical (unpaired) electrons. The molecule has 1 aromatic carbocycles. The molecule has 0 aromatic heterocycles. The zero-order valence-electron chi connectivity index (χ0n) is 10.7. The molecule has 94 valence electrons. The van der Waals surface area contributed by atoms with Crippen molar-refractivity contribution < 1.29 is 4.79 Å². The van der Waals surface area contributed by atoms with Crippen LogP contribution in [0.5, 0.6) is 0 Å². The number of halogens is 1. The zero-order chi connectivity index (χ0) is 13.0. The third-order valence-corrected chi connectivity index (χ3v) is 2.72. The average molecular weight is 255 g/mol. The molecule has 0 fully saturated rings. The van der Waals surface area contributed by atoms with Gasteiger partial charge in [-0.2, -0.15) is 0 Å². The van der Waals surface area contributed by atoms with Gasteiger partial charge in [0.15, 0.2) is 0 Å². The number of rotatable bonds is 4. The Morgan fingerprint density at radius 2 is 1.94 bits per heavy atom. The normalized spacial score (nSPS) is 12.4. The Morgan fingerprint density at radius 1 is 1.29 bits per heavy atom. The fraction of sp³-hybridized carbons (Fsp3) is 0.462. The van der Waals surface area contributed by atoms with Gasteiger partial charge in [0, 0.05) is 6.04 Å². The largest absolute Gasteiger partial charge is 0.372 e. The number of nitrogens with one attached hydrogen (secondary N) is 2. The number of hydrogen-bond donors (Lipinski definition) is 2. The standard InChI is InChI=1S/C13H19ClN2O/c1-8(2)15-13(17)10(4)16-12-9(3)6-5-7-11(12)14/h5-8,10,16H,1-4H3,(H,15,17). The van der Waals surface area contributed by atoms with Crippen molar-refractivity contribution >= 4 is 23.2 Å². The second-order valence-electron chi connectivity index (χ2n) is 4.46. The fourth-order valence-electron chi connectivity index (χ4n) is 1.51. The molecule has 3 nitrogen and oxygen atoms in total. The minimum atomic E-state index is -0.309. The first-order chi connectivity index (χ1) is 7.91. The lowest BCUT2D eigenvalue weighted by atomic mass is 10.1. The minimum Gasteiger partial charge on any atom is -0.372 e. The van der Waals surface area contributed by atoms with E-state index in [4.69, 9.17) is 11.6 Å². The van der Waals surface area contributed by atoms with Crippen molar-refractivity contribution in [2.24, 2.45) is 0 Å². The summed E-state index contributed by atoms with van der Waals surface area (Å²) in [6.45, 7) is 7.65.